The van der Waals surface area contributed by atoms with Gasteiger partial charge in [-0.1, -0.05) is 30.3 Å². The van der Waals surface area contributed by atoms with Gasteiger partial charge in [-0.25, -0.2) is 17.6 Å². The van der Waals surface area contributed by atoms with Crippen molar-refractivity contribution in [3.8, 4) is 5.75 Å². The van der Waals surface area contributed by atoms with Crippen LogP contribution < -0.4 is 10.1 Å². The summed E-state index contributed by atoms with van der Waals surface area (Å²) in [5, 5.41) is 2.36. The molecule has 0 fully saturated rings. The number of carbonyl (C=O) groups is 1. The Kier molecular flexibility index (Phi) is 5.63. The summed E-state index contributed by atoms with van der Waals surface area (Å²) in [7, 11) is 1.50. The first kappa shape index (κ1) is 19.4. The van der Waals surface area contributed by atoms with E-state index in [2.05, 4.69) is 5.32 Å². The summed E-state index contributed by atoms with van der Waals surface area (Å²) in [5.41, 5.74) is 1.07. The van der Waals surface area contributed by atoms with E-state index in [-0.39, 0.29) is 5.69 Å². The van der Waals surface area contributed by atoms with Crippen molar-refractivity contribution in [3.63, 3.8) is 0 Å². The average molecular weight is 389 g/mol. The SMILES string of the molecule is COc1ccc(NC(=O)c2cc(F)c(F)c(F)c2F)cc1Cc1ccccc1. The molecular formula is C21H15F4NO2. The molecular weight excluding hydrogens is 374 g/mol. The van der Waals surface area contributed by atoms with Crippen molar-refractivity contribution >= 4 is 11.6 Å². The monoisotopic (exact) mass is 389 g/mol. The van der Waals surface area contributed by atoms with E-state index in [9.17, 15) is 22.4 Å². The zero-order valence-electron chi connectivity index (χ0n) is 14.7. The number of anilines is 1. The zero-order chi connectivity index (χ0) is 20.3. The average Bonchev–Trinajstić information content (AvgIpc) is 2.70. The van der Waals surface area contributed by atoms with E-state index in [1.807, 2.05) is 30.3 Å². The van der Waals surface area contributed by atoms with E-state index >= 15 is 0 Å². The molecule has 3 nitrogen and oxygen atoms in total. The van der Waals surface area contributed by atoms with Crippen LogP contribution in [0.4, 0.5) is 23.2 Å². The van der Waals surface area contributed by atoms with Crippen molar-refractivity contribution in [3.05, 3.63) is 94.6 Å². The number of hydrogen-bond acceptors (Lipinski definition) is 2. The third kappa shape index (κ3) is 3.98. The largest absolute Gasteiger partial charge is 0.496 e. The third-order valence-corrected chi connectivity index (χ3v) is 4.12. The Morgan fingerprint density at radius 1 is 0.929 bits per heavy atom. The van der Waals surface area contributed by atoms with E-state index in [0.29, 0.717) is 18.2 Å². The third-order valence-electron chi connectivity index (χ3n) is 4.12. The first-order chi connectivity index (χ1) is 13.4. The van der Waals surface area contributed by atoms with Crippen molar-refractivity contribution in [2.24, 2.45) is 0 Å². The zero-order valence-corrected chi connectivity index (χ0v) is 14.7. The Morgan fingerprint density at radius 2 is 1.64 bits per heavy atom. The van der Waals surface area contributed by atoms with Gasteiger partial charge in [0.1, 0.15) is 5.75 Å². The van der Waals surface area contributed by atoms with Crippen molar-refractivity contribution in [2.75, 3.05) is 12.4 Å². The summed E-state index contributed by atoms with van der Waals surface area (Å²) < 4.78 is 58.9. The second kappa shape index (κ2) is 8.12. The van der Waals surface area contributed by atoms with E-state index in [0.717, 1.165) is 11.1 Å². The van der Waals surface area contributed by atoms with Crippen LogP contribution in [-0.4, -0.2) is 13.0 Å². The van der Waals surface area contributed by atoms with Gasteiger partial charge in [-0.15, -0.1) is 0 Å². The maximum Gasteiger partial charge on any atom is 0.258 e. The lowest BCUT2D eigenvalue weighted by atomic mass is 10.0. The number of ether oxygens (including phenoxy) is 1. The van der Waals surface area contributed by atoms with E-state index in [1.54, 1.807) is 12.1 Å². The van der Waals surface area contributed by atoms with Gasteiger partial charge in [0.2, 0.25) is 0 Å². The van der Waals surface area contributed by atoms with Gasteiger partial charge < -0.3 is 10.1 Å². The summed E-state index contributed by atoms with van der Waals surface area (Å²) in [6.07, 6.45) is 0.502. The predicted octanol–water partition coefficient (Wildman–Crippen LogP) is 5.09. The quantitative estimate of drug-likeness (QED) is 0.375. The van der Waals surface area contributed by atoms with E-state index in [4.69, 9.17) is 4.74 Å². The minimum atomic E-state index is -2.04. The van der Waals surface area contributed by atoms with Crippen LogP contribution in [0, 0.1) is 23.3 Å². The molecule has 0 radical (unpaired) electrons. The normalized spacial score (nSPS) is 10.6. The predicted molar refractivity (Wildman–Crippen MR) is 96.5 cm³/mol. The first-order valence-electron chi connectivity index (χ1n) is 8.26. The number of methoxy groups -OCH3 is 1. The minimum Gasteiger partial charge on any atom is -0.496 e. The van der Waals surface area contributed by atoms with Crippen LogP contribution >= 0.6 is 0 Å². The number of carbonyl (C=O) groups excluding carboxylic acids is 1. The standard InChI is InChI=1S/C21H15F4NO2/c1-28-17-8-7-14(10-13(17)9-12-5-3-2-4-6-12)26-21(27)15-11-16(22)19(24)20(25)18(15)23/h2-8,10-11H,9H2,1H3,(H,26,27). The molecule has 0 spiro atoms. The Labute approximate surface area is 158 Å². The van der Waals surface area contributed by atoms with Gasteiger partial charge in [-0.3, -0.25) is 4.79 Å². The first-order valence-corrected chi connectivity index (χ1v) is 8.26. The molecule has 144 valence electrons. The Morgan fingerprint density at radius 3 is 2.32 bits per heavy atom. The molecule has 3 aromatic carbocycles. The molecule has 0 aliphatic carbocycles. The summed E-state index contributed by atoms with van der Waals surface area (Å²) in [6.45, 7) is 0. The topological polar surface area (TPSA) is 38.3 Å². The summed E-state index contributed by atoms with van der Waals surface area (Å²) >= 11 is 0. The number of halogens is 4. The fourth-order valence-corrected chi connectivity index (χ4v) is 2.75. The molecule has 3 aromatic rings. The number of benzene rings is 3. The Hall–Kier alpha value is -3.35. The molecule has 3 rings (SSSR count). The molecule has 0 aromatic heterocycles. The smallest absolute Gasteiger partial charge is 0.258 e. The molecule has 0 aliphatic heterocycles. The van der Waals surface area contributed by atoms with Gasteiger partial charge in [0.25, 0.3) is 5.91 Å². The number of amides is 1. The molecule has 1 N–H and O–H groups in total. The maximum atomic E-state index is 13.8. The lowest BCUT2D eigenvalue weighted by molar-refractivity contribution is 0.102. The highest BCUT2D eigenvalue weighted by Gasteiger charge is 2.23. The number of hydrogen-bond donors (Lipinski definition) is 1. The molecule has 0 saturated heterocycles. The summed E-state index contributed by atoms with van der Waals surface area (Å²) in [4.78, 5) is 12.2. The van der Waals surface area contributed by atoms with Gasteiger partial charge in [-0.05, 0) is 29.8 Å². The second-order valence-corrected chi connectivity index (χ2v) is 5.99. The molecule has 0 bridgehead atoms. The summed E-state index contributed by atoms with van der Waals surface area (Å²) in [5.74, 6) is -7.94. The van der Waals surface area contributed by atoms with Crippen LogP contribution in [0.2, 0.25) is 0 Å². The van der Waals surface area contributed by atoms with Crippen LogP contribution in [0.25, 0.3) is 0 Å². The highest BCUT2D eigenvalue weighted by Crippen LogP contribution is 2.26. The van der Waals surface area contributed by atoms with Crippen LogP contribution in [0.1, 0.15) is 21.5 Å². The Bertz CT molecular complexity index is 1020. The van der Waals surface area contributed by atoms with Gasteiger partial charge in [-0.2, -0.15) is 0 Å². The molecule has 0 aliphatic rings. The number of rotatable bonds is 5. The van der Waals surface area contributed by atoms with Crippen LogP contribution in [0.5, 0.6) is 5.75 Å². The molecule has 0 heterocycles. The molecule has 0 saturated carbocycles. The molecule has 1 amide bonds. The van der Waals surface area contributed by atoms with Crippen LogP contribution in [0.3, 0.4) is 0 Å². The van der Waals surface area contributed by atoms with Crippen molar-refractivity contribution in [2.45, 2.75) is 6.42 Å². The lowest BCUT2D eigenvalue weighted by Gasteiger charge is -2.12. The van der Waals surface area contributed by atoms with Crippen molar-refractivity contribution < 1.29 is 27.1 Å². The van der Waals surface area contributed by atoms with Crippen LogP contribution in [-0.2, 0) is 6.42 Å². The summed E-state index contributed by atoms with van der Waals surface area (Å²) in [6, 6.07) is 14.5. The fourth-order valence-electron chi connectivity index (χ4n) is 2.75. The number of nitrogens with one attached hydrogen (secondary N) is 1. The molecule has 28 heavy (non-hydrogen) atoms. The van der Waals surface area contributed by atoms with Crippen molar-refractivity contribution in [1.82, 2.24) is 0 Å². The van der Waals surface area contributed by atoms with Gasteiger partial charge in [0.15, 0.2) is 23.3 Å². The van der Waals surface area contributed by atoms with E-state index < -0.39 is 34.7 Å². The molecule has 0 unspecified atom stereocenters. The second-order valence-electron chi connectivity index (χ2n) is 5.99. The van der Waals surface area contributed by atoms with Gasteiger partial charge in [0.05, 0.1) is 12.7 Å². The Balaban J connectivity index is 1.89. The van der Waals surface area contributed by atoms with Crippen LogP contribution in [0.15, 0.2) is 54.6 Å². The minimum absolute atomic E-state index is 0.265. The highest BCUT2D eigenvalue weighted by molar-refractivity contribution is 6.04. The maximum absolute atomic E-state index is 13.8. The van der Waals surface area contributed by atoms with Crippen molar-refractivity contribution in [1.29, 1.82) is 0 Å². The molecule has 7 heteroatoms. The lowest BCUT2D eigenvalue weighted by Crippen LogP contribution is -2.16. The fraction of sp³-hybridized carbons (Fsp3) is 0.0952. The van der Waals surface area contributed by atoms with E-state index in [1.165, 1.54) is 13.2 Å². The van der Waals surface area contributed by atoms with Gasteiger partial charge in [0, 0.05) is 17.7 Å². The highest BCUT2D eigenvalue weighted by atomic mass is 19.2. The molecule has 0 atom stereocenters. The van der Waals surface area contributed by atoms with Gasteiger partial charge >= 0.3 is 0 Å².